The smallest absolute Gasteiger partial charge is 0.156 e. The van der Waals surface area contributed by atoms with Crippen LogP contribution in [0.15, 0.2) is 54.3 Å². The number of methoxy groups -OCH3 is 1. The summed E-state index contributed by atoms with van der Waals surface area (Å²) in [5.74, 6) is 0.612. The van der Waals surface area contributed by atoms with Crippen LogP contribution in [0.1, 0.15) is 0 Å². The second-order valence-electron chi connectivity index (χ2n) is 6.04. The molecule has 0 fully saturated rings. The predicted octanol–water partition coefficient (Wildman–Crippen LogP) is 5.56. The number of aromatic nitrogens is 4. The molecule has 5 aromatic rings. The minimum atomic E-state index is 0.565. The predicted molar refractivity (Wildman–Crippen MR) is 110 cm³/mol. The van der Waals surface area contributed by atoms with Crippen LogP contribution in [-0.2, 0) is 0 Å². The van der Waals surface area contributed by atoms with Crippen molar-refractivity contribution in [3.63, 3.8) is 0 Å². The van der Waals surface area contributed by atoms with E-state index in [9.17, 15) is 0 Å². The fraction of sp³-hybridized carbons (Fsp3) is 0.0500. The summed E-state index contributed by atoms with van der Waals surface area (Å²) in [6.45, 7) is 0. The summed E-state index contributed by atoms with van der Waals surface area (Å²) < 4.78 is 6.46. The first kappa shape index (κ1) is 16.2. The lowest BCUT2D eigenvalue weighted by Gasteiger charge is -2.06. The van der Waals surface area contributed by atoms with Gasteiger partial charge in [0.1, 0.15) is 11.3 Å². The van der Waals surface area contributed by atoms with Crippen molar-refractivity contribution in [2.45, 2.75) is 0 Å². The Morgan fingerprint density at radius 1 is 1.07 bits per heavy atom. The number of benzene rings is 2. The zero-order valence-electron chi connectivity index (χ0n) is 14.2. The molecule has 0 bridgehead atoms. The van der Waals surface area contributed by atoms with Crippen molar-refractivity contribution >= 4 is 44.3 Å². The van der Waals surface area contributed by atoms with E-state index in [1.807, 2.05) is 29.9 Å². The Hall–Kier alpha value is -2.96. The van der Waals surface area contributed by atoms with Crippen LogP contribution >= 0.6 is 22.9 Å². The van der Waals surface area contributed by atoms with Crippen LogP contribution in [-0.4, -0.2) is 27.0 Å². The van der Waals surface area contributed by atoms with Crippen LogP contribution in [0.5, 0.6) is 5.75 Å². The van der Waals surface area contributed by atoms with Crippen molar-refractivity contribution in [2.24, 2.45) is 0 Å². The molecule has 0 amide bonds. The first-order valence-corrected chi connectivity index (χ1v) is 9.50. The molecule has 0 unspecified atom stereocenters. The van der Waals surface area contributed by atoms with Crippen molar-refractivity contribution in [3.8, 4) is 28.1 Å². The third-order valence-electron chi connectivity index (χ3n) is 4.47. The van der Waals surface area contributed by atoms with Gasteiger partial charge in [-0.1, -0.05) is 23.7 Å². The number of ether oxygens (including phenoxy) is 1. The molecule has 27 heavy (non-hydrogen) atoms. The molecule has 0 saturated carbocycles. The van der Waals surface area contributed by atoms with Crippen LogP contribution in [0, 0.1) is 0 Å². The van der Waals surface area contributed by atoms with Crippen molar-refractivity contribution in [1.82, 2.24) is 19.9 Å². The summed E-state index contributed by atoms with van der Waals surface area (Å²) in [5, 5.41) is 0.565. The van der Waals surface area contributed by atoms with Crippen LogP contribution in [0.3, 0.4) is 0 Å². The number of halogens is 1. The number of thiazole rings is 1. The number of hydrogen-bond acceptors (Lipinski definition) is 5. The standard InChI is InChI=1S/C20H13ClN4OS/c1-26-17-6-12(2-4-14(17)21)16-9-23-20-19(25-16)13(8-22-20)11-3-5-15-18(7-11)27-10-24-15/h2-10H,1H3,(H,22,23). The van der Waals surface area contributed by atoms with E-state index in [-0.39, 0.29) is 0 Å². The minimum Gasteiger partial charge on any atom is -0.495 e. The van der Waals surface area contributed by atoms with E-state index in [0.717, 1.165) is 43.8 Å². The fourth-order valence-corrected chi connectivity index (χ4v) is 4.00. The third kappa shape index (κ3) is 2.74. The van der Waals surface area contributed by atoms with E-state index in [0.29, 0.717) is 10.8 Å². The molecule has 0 aliphatic rings. The average Bonchev–Trinajstić information content (AvgIpc) is 3.34. The number of fused-ring (bicyclic) bond motifs is 2. The van der Waals surface area contributed by atoms with Crippen LogP contribution < -0.4 is 4.74 Å². The lowest BCUT2D eigenvalue weighted by molar-refractivity contribution is 0.415. The number of nitrogens with zero attached hydrogens (tertiary/aromatic N) is 3. The zero-order chi connectivity index (χ0) is 18.4. The highest BCUT2D eigenvalue weighted by molar-refractivity contribution is 7.16. The third-order valence-corrected chi connectivity index (χ3v) is 5.57. The highest BCUT2D eigenvalue weighted by Crippen LogP contribution is 2.33. The Balaban J connectivity index is 1.66. The normalized spacial score (nSPS) is 11.3. The van der Waals surface area contributed by atoms with Gasteiger partial charge in [0.05, 0.1) is 39.8 Å². The molecule has 5 rings (SSSR count). The highest BCUT2D eigenvalue weighted by Gasteiger charge is 2.13. The lowest BCUT2D eigenvalue weighted by Crippen LogP contribution is -1.90. The summed E-state index contributed by atoms with van der Waals surface area (Å²) in [5.41, 5.74) is 8.18. The summed E-state index contributed by atoms with van der Waals surface area (Å²) in [6.07, 6.45) is 3.69. The van der Waals surface area contributed by atoms with Crippen molar-refractivity contribution in [1.29, 1.82) is 0 Å². The molecule has 3 aromatic heterocycles. The Morgan fingerprint density at radius 3 is 2.85 bits per heavy atom. The molecule has 0 radical (unpaired) electrons. The molecule has 0 saturated heterocycles. The van der Waals surface area contributed by atoms with E-state index >= 15 is 0 Å². The summed E-state index contributed by atoms with van der Waals surface area (Å²) in [6, 6.07) is 11.8. The molecule has 3 heterocycles. The van der Waals surface area contributed by atoms with Gasteiger partial charge >= 0.3 is 0 Å². The Labute approximate surface area is 163 Å². The molecular formula is C20H13ClN4OS. The molecule has 7 heteroatoms. The van der Waals surface area contributed by atoms with E-state index < -0.39 is 0 Å². The Bertz CT molecular complexity index is 1290. The van der Waals surface area contributed by atoms with Gasteiger partial charge in [0.25, 0.3) is 0 Å². The molecule has 0 aliphatic heterocycles. The molecule has 132 valence electrons. The van der Waals surface area contributed by atoms with Gasteiger partial charge in [-0.05, 0) is 29.8 Å². The van der Waals surface area contributed by atoms with Gasteiger partial charge in [0.2, 0.25) is 0 Å². The number of rotatable bonds is 3. The lowest BCUT2D eigenvalue weighted by atomic mass is 10.1. The molecule has 2 aromatic carbocycles. The van der Waals surface area contributed by atoms with E-state index in [2.05, 4.69) is 27.1 Å². The van der Waals surface area contributed by atoms with Crippen molar-refractivity contribution in [3.05, 3.63) is 59.3 Å². The maximum absolute atomic E-state index is 6.13. The van der Waals surface area contributed by atoms with Crippen LogP contribution in [0.25, 0.3) is 43.8 Å². The highest BCUT2D eigenvalue weighted by atomic mass is 35.5. The molecule has 0 spiro atoms. The zero-order valence-corrected chi connectivity index (χ0v) is 15.8. The largest absolute Gasteiger partial charge is 0.495 e. The Morgan fingerprint density at radius 2 is 1.96 bits per heavy atom. The van der Waals surface area contributed by atoms with Crippen molar-refractivity contribution < 1.29 is 4.74 Å². The molecule has 5 nitrogen and oxygen atoms in total. The first-order valence-electron chi connectivity index (χ1n) is 8.24. The second kappa shape index (κ2) is 6.33. The van der Waals surface area contributed by atoms with E-state index in [1.54, 1.807) is 30.7 Å². The quantitative estimate of drug-likeness (QED) is 0.436. The SMILES string of the molecule is COc1cc(-c2cnc3[nH]cc(-c4ccc5ncsc5c4)c3n2)ccc1Cl. The van der Waals surface area contributed by atoms with Crippen LogP contribution in [0.2, 0.25) is 5.02 Å². The molecule has 1 N–H and O–H groups in total. The number of aromatic amines is 1. The topological polar surface area (TPSA) is 63.7 Å². The average molecular weight is 393 g/mol. The molecule has 0 aliphatic carbocycles. The van der Waals surface area contributed by atoms with Crippen LogP contribution in [0.4, 0.5) is 0 Å². The van der Waals surface area contributed by atoms with E-state index in [1.165, 1.54) is 0 Å². The maximum atomic E-state index is 6.13. The van der Waals surface area contributed by atoms with Gasteiger partial charge in [-0.15, -0.1) is 11.3 Å². The molecule has 0 atom stereocenters. The number of nitrogens with one attached hydrogen (secondary N) is 1. The Kier molecular flexibility index (Phi) is 3.81. The summed E-state index contributed by atoms with van der Waals surface area (Å²) >= 11 is 7.76. The summed E-state index contributed by atoms with van der Waals surface area (Å²) in [7, 11) is 1.60. The van der Waals surface area contributed by atoms with Gasteiger partial charge in [0.15, 0.2) is 5.65 Å². The fourth-order valence-electron chi connectivity index (χ4n) is 3.09. The van der Waals surface area contributed by atoms with Gasteiger partial charge in [-0.3, -0.25) is 0 Å². The number of H-pyrrole nitrogens is 1. The van der Waals surface area contributed by atoms with Gasteiger partial charge < -0.3 is 9.72 Å². The van der Waals surface area contributed by atoms with Gasteiger partial charge in [-0.25, -0.2) is 15.0 Å². The van der Waals surface area contributed by atoms with Gasteiger partial charge in [0, 0.05) is 17.3 Å². The maximum Gasteiger partial charge on any atom is 0.156 e. The van der Waals surface area contributed by atoms with E-state index in [4.69, 9.17) is 21.3 Å². The monoisotopic (exact) mass is 392 g/mol. The minimum absolute atomic E-state index is 0.565. The van der Waals surface area contributed by atoms with Gasteiger partial charge in [-0.2, -0.15) is 0 Å². The van der Waals surface area contributed by atoms with Crippen molar-refractivity contribution in [2.75, 3.05) is 7.11 Å². The summed E-state index contributed by atoms with van der Waals surface area (Å²) in [4.78, 5) is 16.9. The number of hydrogen-bond donors (Lipinski definition) is 1. The first-order chi connectivity index (χ1) is 13.2. The molecular weight excluding hydrogens is 380 g/mol. The second-order valence-corrected chi connectivity index (χ2v) is 7.33.